The third kappa shape index (κ3) is 3.64. The van der Waals surface area contributed by atoms with Gasteiger partial charge in [-0.1, -0.05) is 6.07 Å². The molecule has 0 aliphatic heterocycles. The number of thiophene rings is 1. The van der Waals surface area contributed by atoms with E-state index in [0.29, 0.717) is 30.8 Å². The maximum atomic E-state index is 12.8. The SMILES string of the molecule is Cc1c(C(=O)NCCn2ncc(-c3cnccn3)c2-c2cccs2)[nH]c2c1C(=O)CCC2. The second kappa shape index (κ2) is 8.51. The van der Waals surface area contributed by atoms with Gasteiger partial charge in [-0.05, 0) is 36.8 Å². The zero-order valence-electron chi connectivity index (χ0n) is 17.6. The number of Topliss-reactive ketones (excluding diaryl/α,β-unsaturated/α-hetero) is 1. The zero-order chi connectivity index (χ0) is 22.1. The molecular weight excluding hydrogens is 424 g/mol. The molecule has 4 aromatic heterocycles. The molecule has 0 fully saturated rings. The maximum Gasteiger partial charge on any atom is 0.268 e. The van der Waals surface area contributed by atoms with Gasteiger partial charge in [-0.2, -0.15) is 5.10 Å². The number of ketones is 1. The van der Waals surface area contributed by atoms with E-state index in [2.05, 4.69) is 25.4 Å². The van der Waals surface area contributed by atoms with Crippen molar-refractivity contribution in [3.05, 3.63) is 64.8 Å². The second-order valence-corrected chi connectivity index (χ2v) is 8.66. The summed E-state index contributed by atoms with van der Waals surface area (Å²) in [7, 11) is 0. The number of aromatic amines is 1. The summed E-state index contributed by atoms with van der Waals surface area (Å²) in [6.07, 6.45) is 8.98. The van der Waals surface area contributed by atoms with Gasteiger partial charge in [0.2, 0.25) is 0 Å². The first-order valence-electron chi connectivity index (χ1n) is 10.5. The number of rotatable bonds is 6. The van der Waals surface area contributed by atoms with Gasteiger partial charge < -0.3 is 10.3 Å². The average Bonchev–Trinajstić information content (AvgIpc) is 3.53. The highest BCUT2D eigenvalue weighted by Crippen LogP contribution is 2.33. The molecular formula is C23H22N6O2S. The molecule has 1 aliphatic rings. The lowest BCUT2D eigenvalue weighted by Crippen LogP contribution is -2.28. The number of H-pyrrole nitrogens is 1. The van der Waals surface area contributed by atoms with Crippen LogP contribution in [0.15, 0.2) is 42.3 Å². The molecule has 0 unspecified atom stereocenters. The molecule has 162 valence electrons. The van der Waals surface area contributed by atoms with Gasteiger partial charge >= 0.3 is 0 Å². The predicted octanol–water partition coefficient (Wildman–Crippen LogP) is 3.65. The fourth-order valence-corrected chi connectivity index (χ4v) is 5.01. The molecule has 8 nitrogen and oxygen atoms in total. The Morgan fingerprint density at radius 1 is 1.28 bits per heavy atom. The largest absolute Gasteiger partial charge is 0.354 e. The molecule has 5 rings (SSSR count). The van der Waals surface area contributed by atoms with Gasteiger partial charge in [0.15, 0.2) is 5.78 Å². The van der Waals surface area contributed by atoms with Gasteiger partial charge in [0, 0.05) is 42.2 Å². The van der Waals surface area contributed by atoms with Crippen LogP contribution in [0.5, 0.6) is 0 Å². The Bertz CT molecular complexity index is 1270. The first-order valence-corrected chi connectivity index (χ1v) is 11.4. The van der Waals surface area contributed by atoms with Gasteiger partial charge in [0.25, 0.3) is 5.91 Å². The standard InChI is InChI=1S/C23H22N6O2S/c1-14-20-16(4-2-5-18(20)30)28-21(14)23(31)26-9-10-29-22(19-6-3-11-32-19)15(12-27-29)17-13-24-7-8-25-17/h3,6-8,11-13,28H,2,4-5,9-10H2,1H3,(H,26,31). The Balaban J connectivity index is 1.34. The van der Waals surface area contributed by atoms with Gasteiger partial charge in [0.05, 0.1) is 35.2 Å². The van der Waals surface area contributed by atoms with Crippen LogP contribution in [0.25, 0.3) is 21.8 Å². The summed E-state index contributed by atoms with van der Waals surface area (Å²) in [5, 5.41) is 9.54. The van der Waals surface area contributed by atoms with Crippen molar-refractivity contribution >= 4 is 23.0 Å². The molecule has 4 heterocycles. The summed E-state index contributed by atoms with van der Waals surface area (Å²) >= 11 is 1.62. The van der Waals surface area contributed by atoms with Gasteiger partial charge in [-0.15, -0.1) is 11.3 Å². The van der Waals surface area contributed by atoms with Crippen LogP contribution in [0.3, 0.4) is 0 Å². The van der Waals surface area contributed by atoms with Crippen molar-refractivity contribution in [3.63, 3.8) is 0 Å². The van der Waals surface area contributed by atoms with E-state index in [9.17, 15) is 9.59 Å². The lowest BCUT2D eigenvalue weighted by atomic mass is 9.94. The molecule has 0 saturated heterocycles. The smallest absolute Gasteiger partial charge is 0.268 e. The fraction of sp³-hybridized carbons (Fsp3) is 0.261. The van der Waals surface area contributed by atoms with Gasteiger partial charge in [-0.25, -0.2) is 0 Å². The molecule has 0 saturated carbocycles. The molecule has 9 heteroatoms. The number of aryl methyl sites for hydroxylation is 1. The van der Waals surface area contributed by atoms with Crippen LogP contribution in [0.4, 0.5) is 0 Å². The van der Waals surface area contributed by atoms with Gasteiger partial charge in [0.1, 0.15) is 5.69 Å². The van der Waals surface area contributed by atoms with E-state index in [4.69, 9.17) is 0 Å². The molecule has 0 radical (unpaired) electrons. The summed E-state index contributed by atoms with van der Waals surface area (Å²) in [4.78, 5) is 37.9. The van der Waals surface area contributed by atoms with Crippen LogP contribution in [0, 0.1) is 6.92 Å². The molecule has 1 aliphatic carbocycles. The summed E-state index contributed by atoms with van der Waals surface area (Å²) in [6.45, 7) is 2.73. The monoisotopic (exact) mass is 446 g/mol. The lowest BCUT2D eigenvalue weighted by Gasteiger charge is -2.10. The summed E-state index contributed by atoms with van der Waals surface area (Å²) in [5.41, 5.74) is 5.40. The Kier molecular flexibility index (Phi) is 5.40. The molecule has 32 heavy (non-hydrogen) atoms. The van der Waals surface area contributed by atoms with Crippen LogP contribution < -0.4 is 5.32 Å². The summed E-state index contributed by atoms with van der Waals surface area (Å²) < 4.78 is 1.88. The van der Waals surface area contributed by atoms with Crippen molar-refractivity contribution in [2.24, 2.45) is 0 Å². The molecule has 4 aromatic rings. The third-order valence-corrected chi connectivity index (χ3v) is 6.58. The zero-order valence-corrected chi connectivity index (χ0v) is 18.4. The fourth-order valence-electron chi connectivity index (χ4n) is 4.22. The van der Waals surface area contributed by atoms with Crippen molar-refractivity contribution < 1.29 is 9.59 Å². The van der Waals surface area contributed by atoms with Crippen molar-refractivity contribution in [2.45, 2.75) is 32.7 Å². The highest BCUT2D eigenvalue weighted by Gasteiger charge is 2.26. The molecule has 0 spiro atoms. The molecule has 2 N–H and O–H groups in total. The van der Waals surface area contributed by atoms with Crippen LogP contribution in [0.1, 0.15) is 44.9 Å². The number of nitrogens with zero attached hydrogens (tertiary/aromatic N) is 4. The van der Waals surface area contributed by atoms with Crippen molar-refractivity contribution in [1.82, 2.24) is 30.0 Å². The van der Waals surface area contributed by atoms with Crippen LogP contribution in [-0.4, -0.2) is 43.0 Å². The van der Waals surface area contributed by atoms with E-state index in [1.165, 1.54) is 0 Å². The lowest BCUT2D eigenvalue weighted by molar-refractivity contribution is 0.0946. The van der Waals surface area contributed by atoms with E-state index in [1.807, 2.05) is 29.1 Å². The average molecular weight is 447 g/mol. The van der Waals surface area contributed by atoms with E-state index >= 15 is 0 Å². The molecule has 0 aromatic carbocycles. The predicted molar refractivity (Wildman–Crippen MR) is 122 cm³/mol. The maximum absolute atomic E-state index is 12.8. The number of aromatic nitrogens is 5. The molecule has 0 atom stereocenters. The summed E-state index contributed by atoms with van der Waals surface area (Å²) in [6, 6.07) is 4.04. The van der Waals surface area contributed by atoms with Crippen LogP contribution in [0.2, 0.25) is 0 Å². The van der Waals surface area contributed by atoms with E-state index in [1.54, 1.807) is 36.1 Å². The van der Waals surface area contributed by atoms with Crippen LogP contribution in [-0.2, 0) is 13.0 Å². The quantitative estimate of drug-likeness (QED) is 0.470. The molecule has 1 amide bonds. The minimum Gasteiger partial charge on any atom is -0.354 e. The second-order valence-electron chi connectivity index (χ2n) is 7.71. The van der Waals surface area contributed by atoms with Crippen molar-refractivity contribution in [3.8, 4) is 21.8 Å². The minimum atomic E-state index is -0.205. The van der Waals surface area contributed by atoms with E-state index in [-0.39, 0.29) is 11.7 Å². The summed E-state index contributed by atoms with van der Waals surface area (Å²) in [5.74, 6) is -0.0867. The number of amides is 1. The first kappa shape index (κ1) is 20.3. The van der Waals surface area contributed by atoms with Crippen LogP contribution >= 0.6 is 11.3 Å². The minimum absolute atomic E-state index is 0.118. The first-order chi connectivity index (χ1) is 15.6. The number of fused-ring (bicyclic) bond motifs is 1. The topological polar surface area (TPSA) is 106 Å². The number of carbonyl (C=O) groups is 2. The number of hydrogen-bond acceptors (Lipinski definition) is 6. The number of carbonyl (C=O) groups excluding carboxylic acids is 2. The molecule has 0 bridgehead atoms. The highest BCUT2D eigenvalue weighted by molar-refractivity contribution is 7.13. The number of nitrogens with one attached hydrogen (secondary N) is 2. The number of hydrogen-bond donors (Lipinski definition) is 2. The third-order valence-electron chi connectivity index (χ3n) is 5.71. The van der Waals surface area contributed by atoms with Gasteiger partial charge in [-0.3, -0.25) is 24.2 Å². The highest BCUT2D eigenvalue weighted by atomic mass is 32.1. The Morgan fingerprint density at radius 2 is 2.19 bits per heavy atom. The van der Waals surface area contributed by atoms with Crippen molar-refractivity contribution in [1.29, 1.82) is 0 Å². The van der Waals surface area contributed by atoms with E-state index < -0.39 is 0 Å². The van der Waals surface area contributed by atoms with E-state index in [0.717, 1.165) is 45.9 Å². The Hall–Kier alpha value is -3.59. The Labute approximate surface area is 188 Å². The Morgan fingerprint density at radius 3 is 2.94 bits per heavy atom. The van der Waals surface area contributed by atoms with Crippen molar-refractivity contribution in [2.75, 3.05) is 6.54 Å². The normalized spacial score (nSPS) is 13.2.